The zero-order valence-electron chi connectivity index (χ0n) is 10.2. The first-order valence-corrected chi connectivity index (χ1v) is 6.46. The molecule has 0 heterocycles. The summed E-state index contributed by atoms with van der Waals surface area (Å²) in [6.45, 7) is 1.20. The standard InChI is InChI=1S/C12H13F3O3S/c1-2-18-11(17)7-19-9-4-3-8(6-16)10(5-9)12(13,14)15/h3-5,16H,2,6-7H2,1H3. The number of carbonyl (C=O) groups is 1. The van der Waals surface area contributed by atoms with Crippen molar-refractivity contribution in [3.63, 3.8) is 0 Å². The molecule has 0 atom stereocenters. The molecule has 0 bridgehead atoms. The Labute approximate surface area is 112 Å². The fraction of sp³-hybridized carbons (Fsp3) is 0.417. The van der Waals surface area contributed by atoms with Gasteiger partial charge in [-0.15, -0.1) is 11.8 Å². The molecule has 1 rings (SSSR count). The zero-order chi connectivity index (χ0) is 14.5. The predicted molar refractivity (Wildman–Crippen MR) is 64.7 cm³/mol. The number of alkyl halides is 3. The average molecular weight is 294 g/mol. The van der Waals surface area contributed by atoms with Gasteiger partial charge in [0, 0.05) is 4.90 Å². The highest BCUT2D eigenvalue weighted by atomic mass is 32.2. The molecule has 1 aromatic carbocycles. The minimum absolute atomic E-state index is 0.0520. The van der Waals surface area contributed by atoms with E-state index in [0.717, 1.165) is 17.8 Å². The van der Waals surface area contributed by atoms with Gasteiger partial charge in [-0.05, 0) is 24.6 Å². The Morgan fingerprint density at radius 2 is 2.11 bits per heavy atom. The van der Waals surface area contributed by atoms with Gasteiger partial charge in [-0.2, -0.15) is 13.2 Å². The third-order valence-electron chi connectivity index (χ3n) is 2.22. The van der Waals surface area contributed by atoms with Crippen molar-refractivity contribution in [2.24, 2.45) is 0 Å². The Balaban J connectivity index is 2.84. The van der Waals surface area contributed by atoms with Gasteiger partial charge >= 0.3 is 12.1 Å². The first-order chi connectivity index (χ1) is 8.88. The highest BCUT2D eigenvalue weighted by Gasteiger charge is 2.33. The molecule has 0 saturated carbocycles. The van der Waals surface area contributed by atoms with E-state index in [0.29, 0.717) is 4.90 Å². The van der Waals surface area contributed by atoms with Gasteiger partial charge in [0.1, 0.15) is 0 Å². The number of hydrogen-bond acceptors (Lipinski definition) is 4. The second-order valence-electron chi connectivity index (χ2n) is 3.57. The summed E-state index contributed by atoms with van der Waals surface area (Å²) in [7, 11) is 0. The number of aliphatic hydroxyl groups is 1. The lowest BCUT2D eigenvalue weighted by molar-refractivity contribution is -0.140. The monoisotopic (exact) mass is 294 g/mol. The molecule has 0 aliphatic rings. The number of thioether (sulfide) groups is 1. The first-order valence-electron chi connectivity index (χ1n) is 5.48. The van der Waals surface area contributed by atoms with Crippen molar-refractivity contribution in [1.29, 1.82) is 0 Å². The van der Waals surface area contributed by atoms with Crippen molar-refractivity contribution in [2.75, 3.05) is 12.4 Å². The van der Waals surface area contributed by atoms with Crippen LogP contribution < -0.4 is 0 Å². The van der Waals surface area contributed by atoms with Crippen LogP contribution in [0.4, 0.5) is 13.2 Å². The first kappa shape index (κ1) is 15.8. The molecular weight excluding hydrogens is 281 g/mol. The maximum Gasteiger partial charge on any atom is 0.416 e. The number of esters is 1. The summed E-state index contributed by atoms with van der Waals surface area (Å²) in [5.74, 6) is -0.531. The van der Waals surface area contributed by atoms with Crippen molar-refractivity contribution in [1.82, 2.24) is 0 Å². The number of rotatable bonds is 5. The molecule has 7 heteroatoms. The molecule has 0 fully saturated rings. The molecule has 0 unspecified atom stereocenters. The summed E-state index contributed by atoms with van der Waals surface area (Å²) in [5, 5.41) is 8.88. The average Bonchev–Trinajstić information content (AvgIpc) is 2.35. The molecule has 0 aliphatic heterocycles. The summed E-state index contributed by atoms with van der Waals surface area (Å²) in [6, 6.07) is 3.57. The molecule has 0 aromatic heterocycles. The van der Waals surface area contributed by atoms with Crippen LogP contribution in [0.25, 0.3) is 0 Å². The van der Waals surface area contributed by atoms with E-state index in [1.165, 1.54) is 12.1 Å². The summed E-state index contributed by atoms with van der Waals surface area (Å²) in [5.41, 5.74) is -1.07. The molecule has 0 saturated heterocycles. The Bertz CT molecular complexity index is 446. The van der Waals surface area contributed by atoms with Gasteiger partial charge in [0.25, 0.3) is 0 Å². The smallest absolute Gasteiger partial charge is 0.416 e. The molecule has 0 amide bonds. The predicted octanol–water partition coefficient (Wildman–Crippen LogP) is 2.85. The fourth-order valence-corrected chi connectivity index (χ4v) is 2.13. The largest absolute Gasteiger partial charge is 0.465 e. The molecule has 106 valence electrons. The summed E-state index contributed by atoms with van der Waals surface area (Å²) >= 11 is 0.962. The third-order valence-corrected chi connectivity index (χ3v) is 3.19. The lowest BCUT2D eigenvalue weighted by Gasteiger charge is -2.12. The number of aliphatic hydroxyl groups excluding tert-OH is 1. The SMILES string of the molecule is CCOC(=O)CSc1ccc(CO)c(C(F)(F)F)c1. The maximum absolute atomic E-state index is 12.7. The van der Waals surface area contributed by atoms with Crippen LogP contribution in [0.2, 0.25) is 0 Å². The normalized spacial score (nSPS) is 11.4. The highest BCUT2D eigenvalue weighted by molar-refractivity contribution is 8.00. The molecule has 19 heavy (non-hydrogen) atoms. The van der Waals surface area contributed by atoms with E-state index in [-0.39, 0.29) is 17.9 Å². The lowest BCUT2D eigenvalue weighted by atomic mass is 10.1. The van der Waals surface area contributed by atoms with Crippen LogP contribution in [0.5, 0.6) is 0 Å². The Kier molecular flexibility index (Phi) is 5.68. The van der Waals surface area contributed by atoms with Crippen molar-refractivity contribution >= 4 is 17.7 Å². The van der Waals surface area contributed by atoms with Gasteiger partial charge in [-0.25, -0.2) is 0 Å². The lowest BCUT2D eigenvalue weighted by Crippen LogP contribution is -2.10. The summed E-state index contributed by atoms with van der Waals surface area (Å²) < 4.78 is 42.9. The Morgan fingerprint density at radius 3 is 2.63 bits per heavy atom. The van der Waals surface area contributed by atoms with E-state index < -0.39 is 24.3 Å². The van der Waals surface area contributed by atoms with Crippen LogP contribution in [0.1, 0.15) is 18.1 Å². The van der Waals surface area contributed by atoms with Crippen LogP contribution in [-0.4, -0.2) is 23.4 Å². The summed E-state index contributed by atoms with van der Waals surface area (Å²) in [6.07, 6.45) is -4.53. The molecule has 0 aliphatic carbocycles. The highest BCUT2D eigenvalue weighted by Crippen LogP contribution is 2.34. The topological polar surface area (TPSA) is 46.5 Å². The quantitative estimate of drug-likeness (QED) is 0.670. The van der Waals surface area contributed by atoms with Gasteiger partial charge < -0.3 is 9.84 Å². The molecule has 1 aromatic rings. The second-order valence-corrected chi connectivity index (χ2v) is 4.62. The molecule has 1 N–H and O–H groups in total. The van der Waals surface area contributed by atoms with E-state index in [4.69, 9.17) is 5.11 Å². The number of benzene rings is 1. The van der Waals surface area contributed by atoms with Crippen LogP contribution >= 0.6 is 11.8 Å². The Morgan fingerprint density at radius 1 is 1.42 bits per heavy atom. The zero-order valence-corrected chi connectivity index (χ0v) is 11.0. The molecule has 3 nitrogen and oxygen atoms in total. The minimum atomic E-state index is -4.53. The molecular formula is C12H13F3O3S. The van der Waals surface area contributed by atoms with Gasteiger partial charge in [0.15, 0.2) is 0 Å². The van der Waals surface area contributed by atoms with Crippen LogP contribution in [0.3, 0.4) is 0 Å². The van der Waals surface area contributed by atoms with Crippen molar-refractivity contribution in [3.8, 4) is 0 Å². The van der Waals surface area contributed by atoms with Gasteiger partial charge in [0.05, 0.1) is 24.5 Å². The van der Waals surface area contributed by atoms with Crippen LogP contribution in [0, 0.1) is 0 Å². The van der Waals surface area contributed by atoms with E-state index in [1.807, 2.05) is 0 Å². The van der Waals surface area contributed by atoms with E-state index in [1.54, 1.807) is 6.92 Å². The van der Waals surface area contributed by atoms with Crippen molar-refractivity contribution in [3.05, 3.63) is 29.3 Å². The number of ether oxygens (including phenoxy) is 1. The maximum atomic E-state index is 12.7. The van der Waals surface area contributed by atoms with Gasteiger partial charge in [-0.1, -0.05) is 6.07 Å². The number of halogens is 3. The van der Waals surface area contributed by atoms with E-state index >= 15 is 0 Å². The van der Waals surface area contributed by atoms with E-state index in [9.17, 15) is 18.0 Å². The van der Waals surface area contributed by atoms with Crippen LogP contribution in [0.15, 0.2) is 23.1 Å². The minimum Gasteiger partial charge on any atom is -0.465 e. The third kappa shape index (κ3) is 4.76. The van der Waals surface area contributed by atoms with Gasteiger partial charge in [0.2, 0.25) is 0 Å². The van der Waals surface area contributed by atoms with Gasteiger partial charge in [-0.3, -0.25) is 4.79 Å². The van der Waals surface area contributed by atoms with Crippen LogP contribution in [-0.2, 0) is 22.3 Å². The molecule has 0 spiro atoms. The molecule has 0 radical (unpaired) electrons. The van der Waals surface area contributed by atoms with Crippen molar-refractivity contribution in [2.45, 2.75) is 24.6 Å². The summed E-state index contributed by atoms with van der Waals surface area (Å²) in [4.78, 5) is 11.4. The second kappa shape index (κ2) is 6.81. The van der Waals surface area contributed by atoms with E-state index in [2.05, 4.69) is 4.74 Å². The van der Waals surface area contributed by atoms with Crippen molar-refractivity contribution < 1.29 is 27.8 Å². The fourth-order valence-electron chi connectivity index (χ4n) is 1.39. The Hall–Kier alpha value is -1.21. The number of carbonyl (C=O) groups excluding carboxylic acids is 1. The number of hydrogen-bond donors (Lipinski definition) is 1.